The Morgan fingerprint density at radius 1 is 1.19 bits per heavy atom. The summed E-state index contributed by atoms with van der Waals surface area (Å²) in [5, 5.41) is 11.2. The average molecular weight is 423 g/mol. The quantitative estimate of drug-likeness (QED) is 0.437. The second-order valence-corrected chi connectivity index (χ2v) is 7.72. The molecule has 0 saturated carbocycles. The molecule has 0 radical (unpaired) electrons. The van der Waals surface area contributed by atoms with Gasteiger partial charge in [-0.05, 0) is 48.4 Å². The van der Waals surface area contributed by atoms with Crippen molar-refractivity contribution in [2.45, 2.75) is 25.5 Å². The minimum Gasteiger partial charge on any atom is -0.507 e. The molecule has 2 heterocycles. The Balaban J connectivity index is 1.83. The van der Waals surface area contributed by atoms with Gasteiger partial charge in [0, 0.05) is 25.6 Å². The third-order valence-electron chi connectivity index (χ3n) is 5.66. The van der Waals surface area contributed by atoms with Gasteiger partial charge in [0.2, 0.25) is 0 Å². The molecule has 2 aromatic carbocycles. The second-order valence-electron chi connectivity index (χ2n) is 7.72. The van der Waals surface area contributed by atoms with E-state index >= 15 is 0 Å². The Hall–Kier alpha value is -3.32. The Kier molecular flexibility index (Phi) is 5.69. The molecule has 0 bridgehead atoms. The van der Waals surface area contributed by atoms with Crippen LogP contribution in [0.3, 0.4) is 0 Å². The number of aliphatic hydroxyl groups excluding tert-OH is 1. The summed E-state index contributed by atoms with van der Waals surface area (Å²) in [5.41, 5.74) is 2.17. The molecule has 2 atom stereocenters. The van der Waals surface area contributed by atoms with Crippen molar-refractivity contribution >= 4 is 17.4 Å². The predicted molar refractivity (Wildman–Crippen MR) is 114 cm³/mol. The van der Waals surface area contributed by atoms with Crippen LogP contribution < -0.4 is 9.47 Å². The molecule has 2 aliphatic heterocycles. The summed E-state index contributed by atoms with van der Waals surface area (Å²) >= 11 is 0. The Bertz CT molecular complexity index is 1060. The number of ketones is 1. The number of benzene rings is 2. The molecule has 0 spiro atoms. The van der Waals surface area contributed by atoms with Crippen LogP contribution in [0.1, 0.15) is 29.7 Å². The van der Waals surface area contributed by atoms with Crippen LogP contribution in [0.25, 0.3) is 5.76 Å². The Morgan fingerprint density at radius 3 is 2.74 bits per heavy atom. The standard InChI is InChI=1S/C24H25NO6/c1-14-11-17-12-16(7-8-19(17)31-14)22(26)20-21(15-5-4-6-18(13-15)30-3)25(9-10-29-2)24(28)23(20)27/h4-8,12-14,21,26H,9-11H2,1-3H3/t14-,21+/m0/s1. The Labute approximate surface area is 180 Å². The smallest absolute Gasteiger partial charge is 0.295 e. The number of rotatable bonds is 6. The van der Waals surface area contributed by atoms with Gasteiger partial charge >= 0.3 is 0 Å². The fourth-order valence-electron chi connectivity index (χ4n) is 4.18. The monoisotopic (exact) mass is 423 g/mol. The number of nitrogens with zero attached hydrogens (tertiary/aromatic N) is 1. The number of likely N-dealkylation sites (tertiary alicyclic amines) is 1. The number of methoxy groups -OCH3 is 2. The highest BCUT2D eigenvalue weighted by molar-refractivity contribution is 6.46. The zero-order valence-corrected chi connectivity index (χ0v) is 17.8. The molecular weight excluding hydrogens is 398 g/mol. The molecule has 1 saturated heterocycles. The molecule has 0 aromatic heterocycles. The zero-order valence-electron chi connectivity index (χ0n) is 17.8. The van der Waals surface area contributed by atoms with Crippen molar-refractivity contribution in [2.24, 2.45) is 0 Å². The lowest BCUT2D eigenvalue weighted by molar-refractivity contribution is -0.140. The predicted octanol–water partition coefficient (Wildman–Crippen LogP) is 3.09. The normalized spacial score (nSPS) is 21.8. The molecule has 2 aliphatic rings. The first-order valence-corrected chi connectivity index (χ1v) is 10.2. The van der Waals surface area contributed by atoms with Crippen LogP contribution in [-0.2, 0) is 20.7 Å². The number of ether oxygens (including phenoxy) is 3. The fraction of sp³-hybridized carbons (Fsp3) is 0.333. The third kappa shape index (κ3) is 3.77. The molecule has 31 heavy (non-hydrogen) atoms. The summed E-state index contributed by atoms with van der Waals surface area (Å²) in [6.45, 7) is 2.46. The number of amides is 1. The minimum absolute atomic E-state index is 0.0567. The summed E-state index contributed by atoms with van der Waals surface area (Å²) in [4.78, 5) is 27.3. The largest absolute Gasteiger partial charge is 0.507 e. The van der Waals surface area contributed by atoms with Crippen LogP contribution in [0.5, 0.6) is 11.5 Å². The number of fused-ring (bicyclic) bond motifs is 1. The number of hydrogen-bond donors (Lipinski definition) is 1. The molecule has 1 fully saturated rings. The van der Waals surface area contributed by atoms with Crippen LogP contribution in [0.4, 0.5) is 0 Å². The van der Waals surface area contributed by atoms with Gasteiger partial charge < -0.3 is 24.2 Å². The SMILES string of the molecule is COCCN1C(=O)C(=O)C(=C(O)c2ccc3c(c2)C[C@H](C)O3)[C@H]1c1cccc(OC)c1. The second kappa shape index (κ2) is 8.43. The van der Waals surface area contributed by atoms with Gasteiger partial charge in [-0.15, -0.1) is 0 Å². The van der Waals surface area contributed by atoms with Gasteiger partial charge in [0.1, 0.15) is 23.4 Å². The maximum atomic E-state index is 13.0. The van der Waals surface area contributed by atoms with Crippen molar-refractivity contribution in [1.29, 1.82) is 0 Å². The van der Waals surface area contributed by atoms with E-state index in [0.29, 0.717) is 16.9 Å². The first-order chi connectivity index (χ1) is 14.9. The van der Waals surface area contributed by atoms with Crippen molar-refractivity contribution < 1.29 is 28.9 Å². The Morgan fingerprint density at radius 2 is 2.00 bits per heavy atom. The van der Waals surface area contributed by atoms with Gasteiger partial charge in [0.05, 0.1) is 25.3 Å². The van der Waals surface area contributed by atoms with Gasteiger partial charge in [-0.25, -0.2) is 0 Å². The lowest BCUT2D eigenvalue weighted by Gasteiger charge is -2.25. The van der Waals surface area contributed by atoms with E-state index in [2.05, 4.69) is 0 Å². The van der Waals surface area contributed by atoms with E-state index in [0.717, 1.165) is 17.7 Å². The van der Waals surface area contributed by atoms with Gasteiger partial charge in [-0.1, -0.05) is 12.1 Å². The molecule has 0 unspecified atom stereocenters. The van der Waals surface area contributed by atoms with Crippen molar-refractivity contribution in [2.75, 3.05) is 27.4 Å². The van der Waals surface area contributed by atoms with E-state index in [1.54, 1.807) is 37.4 Å². The van der Waals surface area contributed by atoms with Crippen LogP contribution in [0.15, 0.2) is 48.0 Å². The molecule has 162 valence electrons. The molecular formula is C24H25NO6. The van der Waals surface area contributed by atoms with Crippen LogP contribution >= 0.6 is 0 Å². The van der Waals surface area contributed by atoms with Gasteiger partial charge in [-0.3, -0.25) is 9.59 Å². The summed E-state index contributed by atoms with van der Waals surface area (Å²) in [5.74, 6) is -0.211. The van der Waals surface area contributed by atoms with Crippen LogP contribution in [0.2, 0.25) is 0 Å². The third-order valence-corrected chi connectivity index (χ3v) is 5.66. The lowest BCUT2D eigenvalue weighted by Crippen LogP contribution is -2.32. The summed E-state index contributed by atoms with van der Waals surface area (Å²) in [6.07, 6.45) is 0.779. The van der Waals surface area contributed by atoms with E-state index in [1.165, 1.54) is 12.0 Å². The van der Waals surface area contributed by atoms with Crippen molar-refractivity contribution in [1.82, 2.24) is 4.90 Å². The van der Waals surface area contributed by atoms with E-state index in [1.807, 2.05) is 19.1 Å². The van der Waals surface area contributed by atoms with Crippen LogP contribution in [-0.4, -0.2) is 55.2 Å². The molecule has 2 aromatic rings. The number of carbonyl (C=O) groups excluding carboxylic acids is 2. The first-order valence-electron chi connectivity index (χ1n) is 10.2. The fourth-order valence-corrected chi connectivity index (χ4v) is 4.18. The highest BCUT2D eigenvalue weighted by atomic mass is 16.5. The van der Waals surface area contributed by atoms with Crippen LogP contribution in [0, 0.1) is 0 Å². The highest BCUT2D eigenvalue weighted by Gasteiger charge is 2.46. The van der Waals surface area contributed by atoms with E-state index in [9.17, 15) is 14.7 Å². The minimum atomic E-state index is -0.742. The topological polar surface area (TPSA) is 85.3 Å². The van der Waals surface area contributed by atoms with Crippen molar-refractivity contribution in [3.05, 3.63) is 64.7 Å². The van der Waals surface area contributed by atoms with Gasteiger partial charge in [0.25, 0.3) is 11.7 Å². The van der Waals surface area contributed by atoms with Gasteiger partial charge in [-0.2, -0.15) is 0 Å². The first kappa shape index (κ1) is 20.9. The number of aliphatic hydroxyl groups is 1. The highest BCUT2D eigenvalue weighted by Crippen LogP contribution is 2.41. The van der Waals surface area contributed by atoms with Crippen molar-refractivity contribution in [3.8, 4) is 11.5 Å². The number of carbonyl (C=O) groups is 2. The summed E-state index contributed by atoms with van der Waals surface area (Å²) in [6, 6.07) is 11.7. The van der Waals surface area contributed by atoms with Gasteiger partial charge in [0.15, 0.2) is 0 Å². The van der Waals surface area contributed by atoms with E-state index in [4.69, 9.17) is 14.2 Å². The molecule has 0 aliphatic carbocycles. The molecule has 1 N–H and O–H groups in total. The zero-order chi connectivity index (χ0) is 22.1. The maximum absolute atomic E-state index is 13.0. The summed E-state index contributed by atoms with van der Waals surface area (Å²) in [7, 11) is 3.08. The molecule has 7 heteroatoms. The summed E-state index contributed by atoms with van der Waals surface area (Å²) < 4.78 is 16.2. The number of Topliss-reactive ketones (excluding diaryl/α,β-unsaturated/α-hetero) is 1. The maximum Gasteiger partial charge on any atom is 0.295 e. The average Bonchev–Trinajstić information content (AvgIpc) is 3.27. The van der Waals surface area contributed by atoms with Crippen molar-refractivity contribution in [3.63, 3.8) is 0 Å². The molecule has 1 amide bonds. The van der Waals surface area contributed by atoms with E-state index < -0.39 is 17.7 Å². The molecule has 7 nitrogen and oxygen atoms in total. The lowest BCUT2D eigenvalue weighted by atomic mass is 9.94. The molecule has 4 rings (SSSR count). The number of hydrogen-bond acceptors (Lipinski definition) is 6. The van der Waals surface area contributed by atoms with E-state index in [-0.39, 0.29) is 30.6 Å².